The van der Waals surface area contributed by atoms with Gasteiger partial charge in [-0.2, -0.15) is 0 Å². The van der Waals surface area contributed by atoms with E-state index in [4.69, 9.17) is 0 Å². The molecular formula is C12H26N2. The zero-order valence-electron chi connectivity index (χ0n) is 10.1. The summed E-state index contributed by atoms with van der Waals surface area (Å²) in [6, 6.07) is 0.843. The van der Waals surface area contributed by atoms with Crippen molar-refractivity contribution in [3.05, 3.63) is 0 Å². The van der Waals surface area contributed by atoms with Crippen LogP contribution in [0.25, 0.3) is 0 Å². The van der Waals surface area contributed by atoms with Gasteiger partial charge in [-0.05, 0) is 38.4 Å². The summed E-state index contributed by atoms with van der Waals surface area (Å²) in [5.74, 6) is 0.852. The molecule has 1 aliphatic heterocycles. The number of rotatable bonds is 5. The molecule has 0 saturated carbocycles. The van der Waals surface area contributed by atoms with Crippen LogP contribution in [0.1, 0.15) is 40.0 Å². The third kappa shape index (κ3) is 3.58. The lowest BCUT2D eigenvalue weighted by Crippen LogP contribution is -2.44. The summed E-state index contributed by atoms with van der Waals surface area (Å²) in [5.41, 5.74) is 0. The van der Waals surface area contributed by atoms with Gasteiger partial charge >= 0.3 is 0 Å². The van der Waals surface area contributed by atoms with Crippen molar-refractivity contribution < 1.29 is 0 Å². The predicted molar refractivity (Wildman–Crippen MR) is 62.6 cm³/mol. The lowest BCUT2D eigenvalue weighted by molar-refractivity contribution is 0.148. The maximum atomic E-state index is 3.43. The smallest absolute Gasteiger partial charge is 0.0119 e. The zero-order valence-corrected chi connectivity index (χ0v) is 10.1. The van der Waals surface area contributed by atoms with E-state index in [2.05, 4.69) is 31.0 Å². The molecule has 1 N–H and O–H groups in total. The lowest BCUT2D eigenvalue weighted by Gasteiger charge is -2.35. The van der Waals surface area contributed by atoms with Crippen LogP contribution in [0.15, 0.2) is 0 Å². The molecular weight excluding hydrogens is 172 g/mol. The molecule has 14 heavy (non-hydrogen) atoms. The molecule has 0 radical (unpaired) electrons. The van der Waals surface area contributed by atoms with Crippen molar-refractivity contribution in [1.29, 1.82) is 0 Å². The Labute approximate surface area is 89.1 Å². The number of nitrogens with one attached hydrogen (secondary N) is 1. The summed E-state index contributed by atoms with van der Waals surface area (Å²) >= 11 is 0. The van der Waals surface area contributed by atoms with E-state index in [1.54, 1.807) is 0 Å². The highest BCUT2D eigenvalue weighted by Crippen LogP contribution is 2.14. The molecule has 1 atom stereocenters. The largest absolute Gasteiger partial charge is 0.317 e. The van der Waals surface area contributed by atoms with Crippen LogP contribution in [0.4, 0.5) is 0 Å². The molecule has 1 heterocycles. The second-order valence-electron chi connectivity index (χ2n) is 4.58. The van der Waals surface area contributed by atoms with Gasteiger partial charge < -0.3 is 10.2 Å². The van der Waals surface area contributed by atoms with Crippen molar-refractivity contribution in [2.75, 3.05) is 26.2 Å². The highest BCUT2D eigenvalue weighted by molar-refractivity contribution is 4.77. The van der Waals surface area contributed by atoms with Gasteiger partial charge in [-0.1, -0.05) is 27.2 Å². The average Bonchev–Trinajstić information content (AvgIpc) is 2.26. The Hall–Kier alpha value is -0.0800. The van der Waals surface area contributed by atoms with Gasteiger partial charge in [-0.25, -0.2) is 0 Å². The molecule has 2 nitrogen and oxygen atoms in total. The van der Waals surface area contributed by atoms with Gasteiger partial charge in [0.25, 0.3) is 0 Å². The number of hydrogen-bond acceptors (Lipinski definition) is 2. The summed E-state index contributed by atoms with van der Waals surface area (Å²) < 4.78 is 0. The molecule has 0 amide bonds. The molecule has 1 saturated heterocycles. The molecule has 2 heteroatoms. The van der Waals surface area contributed by atoms with E-state index in [1.165, 1.54) is 45.4 Å². The maximum Gasteiger partial charge on any atom is 0.0119 e. The Morgan fingerprint density at radius 1 is 1.29 bits per heavy atom. The molecule has 1 unspecified atom stereocenters. The summed E-state index contributed by atoms with van der Waals surface area (Å²) in [6.45, 7) is 11.9. The van der Waals surface area contributed by atoms with E-state index in [9.17, 15) is 0 Å². The van der Waals surface area contributed by atoms with Crippen LogP contribution in [-0.2, 0) is 0 Å². The van der Waals surface area contributed by atoms with E-state index >= 15 is 0 Å². The maximum absolute atomic E-state index is 3.43. The van der Waals surface area contributed by atoms with E-state index in [0.29, 0.717) is 0 Å². The third-order valence-electron chi connectivity index (χ3n) is 3.47. The Morgan fingerprint density at radius 2 is 1.93 bits per heavy atom. The fourth-order valence-electron chi connectivity index (χ4n) is 2.24. The molecule has 0 spiro atoms. The minimum atomic E-state index is 0.843. The SMILES string of the molecule is CCC(C)CN(CC)C1CCNCC1. The van der Waals surface area contributed by atoms with Crippen molar-refractivity contribution in [3.8, 4) is 0 Å². The van der Waals surface area contributed by atoms with Crippen LogP contribution in [0.2, 0.25) is 0 Å². The topological polar surface area (TPSA) is 15.3 Å². The van der Waals surface area contributed by atoms with Crippen molar-refractivity contribution in [1.82, 2.24) is 10.2 Å². The number of piperidine rings is 1. The van der Waals surface area contributed by atoms with Gasteiger partial charge in [0, 0.05) is 12.6 Å². The Balaban J connectivity index is 2.35. The summed E-state index contributed by atoms with van der Waals surface area (Å²) in [4.78, 5) is 2.68. The van der Waals surface area contributed by atoms with Gasteiger partial charge in [0.1, 0.15) is 0 Å². The molecule has 0 aromatic rings. The van der Waals surface area contributed by atoms with Gasteiger partial charge in [-0.15, -0.1) is 0 Å². The molecule has 0 aromatic carbocycles. The molecule has 1 aliphatic rings. The first-order valence-electron chi connectivity index (χ1n) is 6.22. The van der Waals surface area contributed by atoms with Crippen LogP contribution < -0.4 is 5.32 Å². The molecule has 0 bridgehead atoms. The molecule has 1 rings (SSSR count). The normalized spacial score (nSPS) is 21.4. The minimum Gasteiger partial charge on any atom is -0.317 e. The van der Waals surface area contributed by atoms with Crippen molar-refractivity contribution in [2.24, 2.45) is 5.92 Å². The van der Waals surface area contributed by atoms with Crippen molar-refractivity contribution in [3.63, 3.8) is 0 Å². The van der Waals surface area contributed by atoms with Gasteiger partial charge in [0.05, 0.1) is 0 Å². The summed E-state index contributed by atoms with van der Waals surface area (Å²) in [5, 5.41) is 3.43. The molecule has 0 aromatic heterocycles. The van der Waals surface area contributed by atoms with Crippen molar-refractivity contribution in [2.45, 2.75) is 46.1 Å². The first-order chi connectivity index (χ1) is 6.77. The fourth-order valence-corrected chi connectivity index (χ4v) is 2.24. The Kier molecular flexibility index (Phi) is 5.49. The third-order valence-corrected chi connectivity index (χ3v) is 3.47. The molecule has 84 valence electrons. The number of hydrogen-bond donors (Lipinski definition) is 1. The van der Waals surface area contributed by atoms with Gasteiger partial charge in [-0.3, -0.25) is 0 Å². The Morgan fingerprint density at radius 3 is 2.43 bits per heavy atom. The first-order valence-corrected chi connectivity index (χ1v) is 6.22. The average molecular weight is 198 g/mol. The van der Waals surface area contributed by atoms with E-state index in [0.717, 1.165) is 12.0 Å². The van der Waals surface area contributed by atoms with Crippen LogP contribution in [0, 0.1) is 5.92 Å². The highest BCUT2D eigenvalue weighted by atomic mass is 15.2. The first kappa shape index (κ1) is 12.0. The quantitative estimate of drug-likeness (QED) is 0.728. The minimum absolute atomic E-state index is 0.843. The predicted octanol–water partition coefficient (Wildman–Crippen LogP) is 2.11. The van der Waals surface area contributed by atoms with Gasteiger partial charge in [0.15, 0.2) is 0 Å². The highest BCUT2D eigenvalue weighted by Gasteiger charge is 2.20. The summed E-state index contributed by atoms with van der Waals surface area (Å²) in [7, 11) is 0. The molecule has 1 fully saturated rings. The number of nitrogens with zero attached hydrogens (tertiary/aromatic N) is 1. The Bertz CT molecular complexity index is 141. The zero-order chi connectivity index (χ0) is 10.4. The van der Waals surface area contributed by atoms with Crippen molar-refractivity contribution >= 4 is 0 Å². The second-order valence-corrected chi connectivity index (χ2v) is 4.58. The van der Waals surface area contributed by atoms with E-state index < -0.39 is 0 Å². The van der Waals surface area contributed by atoms with Crippen LogP contribution in [0.5, 0.6) is 0 Å². The van der Waals surface area contributed by atoms with Crippen LogP contribution >= 0.6 is 0 Å². The van der Waals surface area contributed by atoms with Crippen LogP contribution in [-0.4, -0.2) is 37.1 Å². The van der Waals surface area contributed by atoms with E-state index in [-0.39, 0.29) is 0 Å². The summed E-state index contributed by atoms with van der Waals surface area (Å²) in [6.07, 6.45) is 3.98. The van der Waals surface area contributed by atoms with E-state index in [1.807, 2.05) is 0 Å². The lowest BCUT2D eigenvalue weighted by atomic mass is 10.0. The van der Waals surface area contributed by atoms with Crippen LogP contribution in [0.3, 0.4) is 0 Å². The fraction of sp³-hybridized carbons (Fsp3) is 1.00. The monoisotopic (exact) mass is 198 g/mol. The standard InChI is InChI=1S/C12H26N2/c1-4-11(3)10-14(5-2)12-6-8-13-9-7-12/h11-13H,4-10H2,1-3H3. The molecule has 0 aliphatic carbocycles. The second kappa shape index (κ2) is 6.41. The van der Waals surface area contributed by atoms with Gasteiger partial charge in [0.2, 0.25) is 0 Å².